The normalized spacial score (nSPS) is 23.9. The van der Waals surface area contributed by atoms with Crippen LogP contribution in [0.4, 0.5) is 0 Å². The minimum Gasteiger partial charge on any atom is -0.332 e. The monoisotopic (exact) mass is 485 g/mol. The molecule has 5 heteroatoms. The molecule has 0 bridgehead atoms. The summed E-state index contributed by atoms with van der Waals surface area (Å²) in [5.74, 6) is 0.302. The number of carbonyl (C=O) groups excluding carboxylic acids is 2. The Labute approximate surface area is 207 Å². The smallest absolute Gasteiger partial charge is 0.229 e. The van der Waals surface area contributed by atoms with Gasteiger partial charge in [0.1, 0.15) is 5.78 Å². The maximum absolute atomic E-state index is 14.1. The van der Waals surface area contributed by atoms with Crippen LogP contribution in [0.15, 0.2) is 61.2 Å². The van der Waals surface area contributed by atoms with Crippen LogP contribution < -0.4 is 0 Å². The maximum Gasteiger partial charge on any atom is 0.229 e. The molecule has 1 heterocycles. The van der Waals surface area contributed by atoms with Crippen molar-refractivity contribution in [3.05, 3.63) is 82.4 Å². The van der Waals surface area contributed by atoms with Crippen molar-refractivity contribution in [1.82, 2.24) is 4.90 Å². The minimum absolute atomic E-state index is 0.0407. The predicted molar refractivity (Wildman–Crippen MR) is 137 cm³/mol. The lowest BCUT2D eigenvalue weighted by molar-refractivity contribution is -0.155. The molecular weight excluding hydrogens is 453 g/mol. The van der Waals surface area contributed by atoms with Crippen LogP contribution >= 0.6 is 23.2 Å². The molecule has 176 valence electrons. The molecule has 1 aliphatic rings. The number of ketones is 1. The van der Waals surface area contributed by atoms with E-state index in [1.807, 2.05) is 55.5 Å². The van der Waals surface area contributed by atoms with Crippen LogP contribution in [-0.4, -0.2) is 22.6 Å². The Morgan fingerprint density at radius 3 is 2.45 bits per heavy atom. The highest BCUT2D eigenvalue weighted by molar-refractivity contribution is 6.30. The summed E-state index contributed by atoms with van der Waals surface area (Å²) in [6, 6.07) is 15.5. The Morgan fingerprint density at radius 1 is 1.18 bits per heavy atom. The molecule has 1 amide bonds. The highest BCUT2D eigenvalue weighted by Crippen LogP contribution is 2.52. The first-order valence-electron chi connectivity index (χ1n) is 11.6. The Balaban J connectivity index is 2.20. The first kappa shape index (κ1) is 25.5. The van der Waals surface area contributed by atoms with Crippen LogP contribution in [0, 0.1) is 5.41 Å². The Hall–Kier alpha value is -2.10. The molecule has 1 aliphatic heterocycles. The number of hydrogen-bond donors (Lipinski definition) is 0. The van der Waals surface area contributed by atoms with E-state index in [4.69, 9.17) is 23.2 Å². The quantitative estimate of drug-likeness (QED) is 0.340. The van der Waals surface area contributed by atoms with Gasteiger partial charge < -0.3 is 9.69 Å². The van der Waals surface area contributed by atoms with Gasteiger partial charge in [0.05, 0.1) is 11.5 Å². The van der Waals surface area contributed by atoms with E-state index in [9.17, 15) is 9.59 Å². The number of halogens is 2. The van der Waals surface area contributed by atoms with Crippen molar-refractivity contribution in [2.45, 2.75) is 70.9 Å². The fourth-order valence-electron chi connectivity index (χ4n) is 5.20. The lowest BCUT2D eigenvalue weighted by Gasteiger charge is -2.52. The van der Waals surface area contributed by atoms with E-state index in [1.54, 1.807) is 6.92 Å². The zero-order chi connectivity index (χ0) is 24.2. The third-order valence-corrected chi connectivity index (χ3v) is 7.37. The molecule has 4 atom stereocenters. The number of rotatable bonds is 9. The predicted octanol–water partition coefficient (Wildman–Crippen LogP) is 7.78. The zero-order valence-electron chi connectivity index (χ0n) is 19.7. The Kier molecular flexibility index (Phi) is 8.42. The summed E-state index contributed by atoms with van der Waals surface area (Å²) in [6.45, 7) is 9.67. The molecule has 1 fully saturated rings. The molecular formula is C28H33Cl2NO2. The standard InChI is InChI=1S/C28H33Cl2NO2/c1-5-16-28(4)18-25(21-8-7-9-23(30)17-21)26(20-11-13-22(29)14-12-20)31(27(28)33)24(6-2)15-10-19(3)32/h5,7-9,11-14,17,24-26H,1,6,10,15-16,18H2,2-4H3/t24-,25+,26?,28-/m0/s1. The van der Waals surface area contributed by atoms with Crippen molar-refractivity contribution in [2.24, 2.45) is 5.41 Å². The molecule has 2 aromatic rings. The van der Waals surface area contributed by atoms with Crippen LogP contribution in [-0.2, 0) is 9.59 Å². The van der Waals surface area contributed by atoms with Crippen molar-refractivity contribution in [3.8, 4) is 0 Å². The lowest BCUT2D eigenvalue weighted by atomic mass is 9.67. The molecule has 3 rings (SSSR count). The van der Waals surface area contributed by atoms with Gasteiger partial charge in [-0.1, -0.05) is 67.4 Å². The molecule has 0 N–H and O–H groups in total. The number of carbonyl (C=O) groups is 2. The number of benzene rings is 2. The van der Waals surface area contributed by atoms with Crippen LogP contribution in [0.25, 0.3) is 0 Å². The van der Waals surface area contributed by atoms with E-state index >= 15 is 0 Å². The summed E-state index contributed by atoms with van der Waals surface area (Å²) in [6.07, 6.45) is 4.99. The average molecular weight is 486 g/mol. The van der Waals surface area contributed by atoms with Gasteiger partial charge in [-0.2, -0.15) is 0 Å². The van der Waals surface area contributed by atoms with Gasteiger partial charge in [0.25, 0.3) is 0 Å². The first-order valence-corrected chi connectivity index (χ1v) is 12.4. The molecule has 3 nitrogen and oxygen atoms in total. The SMILES string of the molecule is C=CC[C@@]1(C)C[C@H](c2cccc(Cl)c2)C(c2ccc(Cl)cc2)N([C@@H](CC)CCC(C)=O)C1=O. The number of hydrogen-bond acceptors (Lipinski definition) is 2. The molecule has 0 spiro atoms. The van der Waals surface area contributed by atoms with E-state index in [0.717, 1.165) is 17.5 Å². The van der Waals surface area contributed by atoms with E-state index in [2.05, 4.69) is 24.5 Å². The van der Waals surface area contributed by atoms with Gasteiger partial charge in [-0.05, 0) is 68.0 Å². The maximum atomic E-state index is 14.1. The number of likely N-dealkylation sites (tertiary alicyclic amines) is 1. The van der Waals surface area contributed by atoms with Gasteiger partial charge in [-0.15, -0.1) is 6.58 Å². The largest absolute Gasteiger partial charge is 0.332 e. The number of nitrogens with zero attached hydrogens (tertiary/aromatic N) is 1. The van der Waals surface area contributed by atoms with Gasteiger partial charge in [0.15, 0.2) is 0 Å². The number of amides is 1. The number of Topliss-reactive ketones (excluding diaryl/α,β-unsaturated/α-hetero) is 1. The average Bonchev–Trinajstić information content (AvgIpc) is 2.77. The van der Waals surface area contributed by atoms with Crippen molar-refractivity contribution >= 4 is 34.9 Å². The van der Waals surface area contributed by atoms with Gasteiger partial charge in [0.2, 0.25) is 5.91 Å². The van der Waals surface area contributed by atoms with Crippen LogP contribution in [0.3, 0.4) is 0 Å². The summed E-state index contributed by atoms with van der Waals surface area (Å²) in [4.78, 5) is 28.0. The fourth-order valence-corrected chi connectivity index (χ4v) is 5.52. The summed E-state index contributed by atoms with van der Waals surface area (Å²) < 4.78 is 0. The van der Waals surface area contributed by atoms with Gasteiger partial charge in [0, 0.05) is 28.4 Å². The van der Waals surface area contributed by atoms with Gasteiger partial charge in [-0.3, -0.25) is 4.79 Å². The van der Waals surface area contributed by atoms with E-state index < -0.39 is 5.41 Å². The third-order valence-electron chi connectivity index (χ3n) is 6.88. The molecule has 0 saturated carbocycles. The topological polar surface area (TPSA) is 37.4 Å². The molecule has 0 radical (unpaired) electrons. The molecule has 1 saturated heterocycles. The Morgan fingerprint density at radius 2 is 1.88 bits per heavy atom. The van der Waals surface area contributed by atoms with Gasteiger partial charge in [-0.25, -0.2) is 0 Å². The summed E-state index contributed by atoms with van der Waals surface area (Å²) >= 11 is 12.6. The van der Waals surface area contributed by atoms with Crippen molar-refractivity contribution in [2.75, 3.05) is 0 Å². The number of piperidine rings is 1. The van der Waals surface area contributed by atoms with Crippen molar-refractivity contribution in [1.29, 1.82) is 0 Å². The highest BCUT2D eigenvalue weighted by atomic mass is 35.5. The lowest BCUT2D eigenvalue weighted by Crippen LogP contribution is -2.55. The molecule has 33 heavy (non-hydrogen) atoms. The second-order valence-corrected chi connectivity index (χ2v) is 10.3. The van der Waals surface area contributed by atoms with Crippen LogP contribution in [0.5, 0.6) is 0 Å². The van der Waals surface area contributed by atoms with Gasteiger partial charge >= 0.3 is 0 Å². The Bertz CT molecular complexity index is 1000. The molecule has 2 aromatic carbocycles. The summed E-state index contributed by atoms with van der Waals surface area (Å²) in [5.41, 5.74) is 1.57. The summed E-state index contributed by atoms with van der Waals surface area (Å²) in [7, 11) is 0. The summed E-state index contributed by atoms with van der Waals surface area (Å²) in [5, 5.41) is 1.34. The van der Waals surface area contributed by atoms with Crippen LogP contribution in [0.1, 0.15) is 76.0 Å². The third kappa shape index (κ3) is 5.70. The molecule has 0 aromatic heterocycles. The second-order valence-electron chi connectivity index (χ2n) is 9.43. The first-order chi connectivity index (χ1) is 15.7. The van der Waals surface area contributed by atoms with Crippen molar-refractivity contribution < 1.29 is 9.59 Å². The van der Waals surface area contributed by atoms with Crippen LogP contribution in [0.2, 0.25) is 10.0 Å². The van der Waals surface area contributed by atoms with E-state index in [1.165, 1.54) is 0 Å². The highest BCUT2D eigenvalue weighted by Gasteiger charge is 2.50. The molecule has 0 aliphatic carbocycles. The second kappa shape index (κ2) is 10.9. The van der Waals surface area contributed by atoms with Crippen molar-refractivity contribution in [3.63, 3.8) is 0 Å². The van der Waals surface area contributed by atoms with E-state index in [0.29, 0.717) is 35.7 Å². The minimum atomic E-state index is -0.582. The van der Waals surface area contributed by atoms with E-state index in [-0.39, 0.29) is 29.7 Å². The number of allylic oxidation sites excluding steroid dienone is 1. The zero-order valence-corrected chi connectivity index (χ0v) is 21.2. The molecule has 1 unspecified atom stereocenters. The fraction of sp³-hybridized carbons (Fsp3) is 0.429.